The molecule has 0 fully saturated rings. The van der Waals surface area contributed by atoms with Crippen molar-refractivity contribution in [3.8, 4) is 11.5 Å². The van der Waals surface area contributed by atoms with Gasteiger partial charge in [-0.3, -0.25) is 14.2 Å². The van der Waals surface area contributed by atoms with Crippen molar-refractivity contribution in [3.05, 3.63) is 49.8 Å². The van der Waals surface area contributed by atoms with Crippen LogP contribution in [0.2, 0.25) is 5.02 Å². The minimum atomic E-state index is -0.543. The van der Waals surface area contributed by atoms with Crippen LogP contribution in [0.25, 0.3) is 10.2 Å². The van der Waals surface area contributed by atoms with Crippen molar-refractivity contribution in [3.63, 3.8) is 0 Å². The minimum Gasteiger partial charge on any atom is -0.486 e. The second kappa shape index (κ2) is 7.44. The quantitative estimate of drug-likeness (QED) is 0.603. The van der Waals surface area contributed by atoms with E-state index in [4.69, 9.17) is 25.8 Å². The Bertz CT molecular complexity index is 1140. The summed E-state index contributed by atoms with van der Waals surface area (Å²) in [4.78, 5) is 30.9. The van der Waals surface area contributed by atoms with Crippen molar-refractivity contribution in [2.45, 2.75) is 27.0 Å². The molecule has 0 spiro atoms. The molecule has 0 N–H and O–H groups in total. The van der Waals surface area contributed by atoms with Crippen LogP contribution in [0.1, 0.15) is 16.0 Å². The fraction of sp³-hybridized carbons (Fsp3) is 0.316. The topological polar surface area (TPSA) is 79.7 Å². The first-order valence-electron chi connectivity index (χ1n) is 8.63. The van der Waals surface area contributed by atoms with Crippen LogP contribution in [0, 0.1) is 13.8 Å². The number of carbonyl (C=O) groups is 1. The zero-order chi connectivity index (χ0) is 19.8. The molecule has 7 nitrogen and oxygen atoms in total. The Morgan fingerprint density at radius 3 is 2.93 bits per heavy atom. The van der Waals surface area contributed by atoms with E-state index < -0.39 is 5.97 Å². The van der Waals surface area contributed by atoms with Gasteiger partial charge in [0.1, 0.15) is 31.2 Å². The molecule has 0 atom stereocenters. The fourth-order valence-corrected chi connectivity index (χ4v) is 4.25. The van der Waals surface area contributed by atoms with Crippen LogP contribution in [0.3, 0.4) is 0 Å². The minimum absolute atomic E-state index is 0.0101. The highest BCUT2D eigenvalue weighted by Crippen LogP contribution is 2.38. The largest absolute Gasteiger partial charge is 0.486 e. The van der Waals surface area contributed by atoms with Crippen LogP contribution in [-0.4, -0.2) is 28.7 Å². The molecule has 28 heavy (non-hydrogen) atoms. The molecule has 0 unspecified atom stereocenters. The van der Waals surface area contributed by atoms with Gasteiger partial charge in [-0.15, -0.1) is 11.3 Å². The van der Waals surface area contributed by atoms with Gasteiger partial charge in [0.25, 0.3) is 5.56 Å². The van der Waals surface area contributed by atoms with Crippen molar-refractivity contribution in [2.24, 2.45) is 0 Å². The Morgan fingerprint density at radius 2 is 2.11 bits per heavy atom. The molecule has 1 aliphatic rings. The number of aromatic nitrogens is 2. The molecule has 0 radical (unpaired) electrons. The lowest BCUT2D eigenvalue weighted by Gasteiger charge is -2.20. The molecule has 4 rings (SSSR count). The third-order valence-corrected chi connectivity index (χ3v) is 5.91. The predicted octanol–water partition coefficient (Wildman–Crippen LogP) is 3.24. The second-order valence-corrected chi connectivity index (χ2v) is 8.01. The van der Waals surface area contributed by atoms with Gasteiger partial charge >= 0.3 is 5.97 Å². The number of ether oxygens (including phenoxy) is 3. The average Bonchev–Trinajstić information content (AvgIpc) is 2.97. The molecule has 0 saturated heterocycles. The van der Waals surface area contributed by atoms with E-state index in [-0.39, 0.29) is 18.7 Å². The van der Waals surface area contributed by atoms with E-state index in [2.05, 4.69) is 4.98 Å². The van der Waals surface area contributed by atoms with Crippen molar-refractivity contribution >= 4 is 39.1 Å². The standard InChI is InChI=1S/C19H17ClN2O5S/c1-10-11(2)28-18-16(10)19(24)22(9-21-18)7-15(23)27-8-12-5-13(20)17-14(6-12)25-3-4-26-17/h5-6,9H,3-4,7-8H2,1-2H3. The number of benzene rings is 1. The molecular formula is C19H17ClN2O5S. The Hall–Kier alpha value is -2.58. The fourth-order valence-electron chi connectivity index (χ4n) is 2.98. The van der Waals surface area contributed by atoms with E-state index in [0.717, 1.165) is 10.4 Å². The van der Waals surface area contributed by atoms with Gasteiger partial charge in [-0.25, -0.2) is 4.98 Å². The van der Waals surface area contributed by atoms with Gasteiger partial charge < -0.3 is 14.2 Å². The third kappa shape index (κ3) is 3.45. The molecule has 2 aromatic heterocycles. The molecule has 146 valence electrons. The number of hydrogen-bond donors (Lipinski definition) is 0. The molecule has 1 aromatic carbocycles. The molecule has 1 aliphatic heterocycles. The van der Waals surface area contributed by atoms with Gasteiger partial charge in [-0.1, -0.05) is 11.6 Å². The zero-order valence-corrected chi connectivity index (χ0v) is 16.9. The highest BCUT2D eigenvalue weighted by atomic mass is 35.5. The van der Waals surface area contributed by atoms with Crippen LogP contribution in [-0.2, 0) is 22.7 Å². The maximum atomic E-state index is 12.7. The summed E-state index contributed by atoms with van der Waals surface area (Å²) < 4.78 is 17.5. The first-order valence-corrected chi connectivity index (χ1v) is 9.82. The molecule has 3 aromatic rings. The monoisotopic (exact) mass is 420 g/mol. The van der Waals surface area contributed by atoms with E-state index in [1.54, 1.807) is 12.1 Å². The van der Waals surface area contributed by atoms with Gasteiger partial charge in [0.15, 0.2) is 11.5 Å². The molecular weight excluding hydrogens is 404 g/mol. The zero-order valence-electron chi connectivity index (χ0n) is 15.3. The van der Waals surface area contributed by atoms with Crippen molar-refractivity contribution < 1.29 is 19.0 Å². The number of esters is 1. The SMILES string of the molecule is Cc1sc2ncn(CC(=O)OCc3cc(Cl)c4c(c3)OCCO4)c(=O)c2c1C. The Kier molecular flexibility index (Phi) is 4.99. The van der Waals surface area contributed by atoms with Crippen LogP contribution in [0.15, 0.2) is 23.3 Å². The maximum Gasteiger partial charge on any atom is 0.326 e. The van der Waals surface area contributed by atoms with E-state index in [1.807, 2.05) is 13.8 Å². The third-order valence-electron chi connectivity index (χ3n) is 4.51. The first-order chi connectivity index (χ1) is 13.4. The summed E-state index contributed by atoms with van der Waals surface area (Å²) in [5.41, 5.74) is 1.32. The maximum absolute atomic E-state index is 12.7. The first kappa shape index (κ1) is 18.8. The van der Waals surface area contributed by atoms with Crippen molar-refractivity contribution in [2.75, 3.05) is 13.2 Å². The molecule has 0 bridgehead atoms. The lowest BCUT2D eigenvalue weighted by Crippen LogP contribution is -2.25. The van der Waals surface area contributed by atoms with E-state index in [9.17, 15) is 9.59 Å². The number of thiophene rings is 1. The summed E-state index contributed by atoms with van der Waals surface area (Å²) >= 11 is 7.65. The van der Waals surface area contributed by atoms with Crippen molar-refractivity contribution in [1.82, 2.24) is 9.55 Å². The number of aryl methyl sites for hydroxylation is 2. The molecule has 0 amide bonds. The Labute approximate surface area is 169 Å². The highest BCUT2D eigenvalue weighted by molar-refractivity contribution is 7.18. The summed E-state index contributed by atoms with van der Waals surface area (Å²) in [6.07, 6.45) is 1.38. The van der Waals surface area contributed by atoms with Crippen LogP contribution in [0.5, 0.6) is 11.5 Å². The van der Waals surface area contributed by atoms with E-state index in [0.29, 0.717) is 45.5 Å². The predicted molar refractivity (Wildman–Crippen MR) is 106 cm³/mol. The number of hydrogen-bond acceptors (Lipinski definition) is 7. The van der Waals surface area contributed by atoms with Gasteiger partial charge in [0.2, 0.25) is 0 Å². The summed E-state index contributed by atoms with van der Waals surface area (Å²) in [6.45, 7) is 4.50. The Morgan fingerprint density at radius 1 is 1.32 bits per heavy atom. The normalized spacial score (nSPS) is 13.0. The number of fused-ring (bicyclic) bond motifs is 2. The molecule has 0 saturated carbocycles. The van der Waals surface area contributed by atoms with Crippen LogP contribution >= 0.6 is 22.9 Å². The number of nitrogens with zero attached hydrogens (tertiary/aromatic N) is 2. The average molecular weight is 421 g/mol. The Balaban J connectivity index is 1.47. The summed E-state index contributed by atoms with van der Waals surface area (Å²) in [6, 6.07) is 3.39. The molecule has 9 heteroatoms. The van der Waals surface area contributed by atoms with E-state index in [1.165, 1.54) is 22.2 Å². The number of rotatable bonds is 4. The van der Waals surface area contributed by atoms with Crippen LogP contribution in [0.4, 0.5) is 0 Å². The summed E-state index contributed by atoms with van der Waals surface area (Å²) in [5.74, 6) is 0.480. The number of halogens is 1. The van der Waals surface area contributed by atoms with Gasteiger partial charge in [-0.2, -0.15) is 0 Å². The van der Waals surface area contributed by atoms with Crippen LogP contribution < -0.4 is 15.0 Å². The molecule has 3 heterocycles. The smallest absolute Gasteiger partial charge is 0.326 e. The number of carbonyl (C=O) groups excluding carboxylic acids is 1. The summed E-state index contributed by atoms with van der Waals surface area (Å²) in [5, 5.41) is 0.953. The lowest BCUT2D eigenvalue weighted by molar-refractivity contribution is -0.145. The summed E-state index contributed by atoms with van der Waals surface area (Å²) in [7, 11) is 0. The van der Waals surface area contributed by atoms with E-state index >= 15 is 0 Å². The highest BCUT2D eigenvalue weighted by Gasteiger charge is 2.18. The van der Waals surface area contributed by atoms with Gasteiger partial charge in [0.05, 0.1) is 16.7 Å². The second-order valence-electron chi connectivity index (χ2n) is 6.40. The van der Waals surface area contributed by atoms with Crippen molar-refractivity contribution in [1.29, 1.82) is 0 Å². The van der Waals surface area contributed by atoms with Gasteiger partial charge in [0, 0.05) is 4.88 Å². The van der Waals surface area contributed by atoms with Gasteiger partial charge in [-0.05, 0) is 37.1 Å². The molecule has 0 aliphatic carbocycles. The lowest BCUT2D eigenvalue weighted by atomic mass is 10.2.